The minimum atomic E-state index is -0.308. The molecule has 1 heterocycles. The molecule has 6 heteroatoms. The molecule has 1 aromatic carbocycles. The van der Waals surface area contributed by atoms with Crippen molar-refractivity contribution in [1.82, 2.24) is 10.3 Å². The summed E-state index contributed by atoms with van der Waals surface area (Å²) in [6, 6.07) is 8.82. The summed E-state index contributed by atoms with van der Waals surface area (Å²) in [7, 11) is 1.56. The van der Waals surface area contributed by atoms with Crippen molar-refractivity contribution >= 4 is 17.5 Å². The van der Waals surface area contributed by atoms with E-state index in [0.717, 1.165) is 11.1 Å². The van der Waals surface area contributed by atoms with Crippen LogP contribution in [0.1, 0.15) is 40.4 Å². The number of benzene rings is 1. The fourth-order valence-corrected chi connectivity index (χ4v) is 3.51. The van der Waals surface area contributed by atoms with Crippen LogP contribution in [0.3, 0.4) is 0 Å². The number of aliphatic hydroxyl groups excluding tert-OH is 1. The summed E-state index contributed by atoms with van der Waals surface area (Å²) in [5.41, 5.74) is 2.19. The quantitative estimate of drug-likeness (QED) is 0.858. The number of carbonyl (C=O) groups is 1. The van der Waals surface area contributed by atoms with Crippen LogP contribution in [-0.2, 0) is 0 Å². The number of aliphatic hydroxyl groups is 1. The lowest BCUT2D eigenvalue weighted by atomic mass is 9.75. The number of aromatic nitrogens is 1. The Bertz CT molecular complexity index is 738. The molecule has 0 spiro atoms. The molecule has 0 radical (unpaired) electrons. The Balaban J connectivity index is 1.86. The van der Waals surface area contributed by atoms with Crippen molar-refractivity contribution in [3.05, 3.63) is 58.2 Å². The van der Waals surface area contributed by atoms with E-state index in [-0.39, 0.29) is 24.0 Å². The van der Waals surface area contributed by atoms with Crippen molar-refractivity contribution in [1.29, 1.82) is 0 Å². The molecule has 1 saturated carbocycles. The molecule has 1 aromatic heterocycles. The lowest BCUT2D eigenvalue weighted by Gasteiger charge is -2.38. The summed E-state index contributed by atoms with van der Waals surface area (Å²) in [5.74, 6) is 0.465. The van der Waals surface area contributed by atoms with Crippen LogP contribution in [0.5, 0.6) is 5.88 Å². The number of hydrogen-bond donors (Lipinski definition) is 2. The molecule has 5 nitrogen and oxygen atoms in total. The van der Waals surface area contributed by atoms with Crippen LogP contribution in [0.4, 0.5) is 0 Å². The van der Waals surface area contributed by atoms with Gasteiger partial charge in [-0.1, -0.05) is 29.8 Å². The summed E-state index contributed by atoms with van der Waals surface area (Å²) < 4.78 is 5.09. The molecule has 3 rings (SSSR count). The van der Waals surface area contributed by atoms with Crippen LogP contribution in [0, 0.1) is 12.8 Å². The van der Waals surface area contributed by atoms with Crippen LogP contribution < -0.4 is 10.1 Å². The Hall–Kier alpha value is -2.11. The second kappa shape index (κ2) is 7.42. The van der Waals surface area contributed by atoms with E-state index in [2.05, 4.69) is 10.3 Å². The fraction of sp³-hybridized carbons (Fsp3) is 0.368. The van der Waals surface area contributed by atoms with E-state index in [9.17, 15) is 9.90 Å². The highest BCUT2D eigenvalue weighted by Crippen LogP contribution is 2.38. The van der Waals surface area contributed by atoms with Gasteiger partial charge in [0, 0.05) is 12.3 Å². The SMILES string of the molecule is COc1ccc([C@@H](NC(=O)c2c(C)cccc2Cl)C2CC(O)C2)cn1. The first kappa shape index (κ1) is 17.7. The number of rotatable bonds is 5. The number of halogens is 1. The summed E-state index contributed by atoms with van der Waals surface area (Å²) in [6.45, 7) is 1.86. The summed E-state index contributed by atoms with van der Waals surface area (Å²) in [5, 5.41) is 13.2. The van der Waals surface area contributed by atoms with E-state index in [1.165, 1.54) is 0 Å². The summed E-state index contributed by atoms with van der Waals surface area (Å²) in [4.78, 5) is 17.0. The molecule has 0 saturated heterocycles. The van der Waals surface area contributed by atoms with Crippen LogP contribution in [0.2, 0.25) is 5.02 Å². The predicted octanol–water partition coefficient (Wildman–Crippen LogP) is 3.29. The molecule has 1 fully saturated rings. The van der Waals surface area contributed by atoms with Crippen LogP contribution in [-0.4, -0.2) is 29.2 Å². The largest absolute Gasteiger partial charge is 0.481 e. The van der Waals surface area contributed by atoms with Crippen molar-refractivity contribution in [3.8, 4) is 5.88 Å². The van der Waals surface area contributed by atoms with Crippen LogP contribution in [0.25, 0.3) is 0 Å². The van der Waals surface area contributed by atoms with Crippen molar-refractivity contribution in [2.75, 3.05) is 7.11 Å². The van der Waals surface area contributed by atoms with Gasteiger partial charge in [-0.2, -0.15) is 0 Å². The smallest absolute Gasteiger partial charge is 0.253 e. The maximum atomic E-state index is 12.8. The van der Waals surface area contributed by atoms with Gasteiger partial charge in [0.05, 0.1) is 29.8 Å². The monoisotopic (exact) mass is 360 g/mol. The first-order valence-corrected chi connectivity index (χ1v) is 8.61. The van der Waals surface area contributed by atoms with Crippen molar-refractivity contribution in [2.24, 2.45) is 5.92 Å². The van der Waals surface area contributed by atoms with Gasteiger partial charge in [-0.3, -0.25) is 4.79 Å². The Morgan fingerprint density at radius 1 is 1.36 bits per heavy atom. The molecule has 0 aliphatic heterocycles. The van der Waals surface area contributed by atoms with Gasteiger partial charge >= 0.3 is 0 Å². The number of nitrogens with one attached hydrogen (secondary N) is 1. The summed E-state index contributed by atoms with van der Waals surface area (Å²) in [6.07, 6.45) is 2.70. The van der Waals surface area contributed by atoms with E-state index in [1.807, 2.05) is 25.1 Å². The zero-order valence-corrected chi connectivity index (χ0v) is 15.0. The van der Waals surface area contributed by atoms with Gasteiger partial charge < -0.3 is 15.2 Å². The molecular weight excluding hydrogens is 340 g/mol. The zero-order chi connectivity index (χ0) is 18.0. The number of methoxy groups -OCH3 is 1. The number of hydrogen-bond acceptors (Lipinski definition) is 4. The number of aryl methyl sites for hydroxylation is 1. The van der Waals surface area contributed by atoms with Crippen molar-refractivity contribution < 1.29 is 14.6 Å². The maximum Gasteiger partial charge on any atom is 0.253 e. The molecule has 0 bridgehead atoms. The number of nitrogens with zero attached hydrogens (tertiary/aromatic N) is 1. The standard InChI is InChI=1S/C19H21ClN2O3/c1-11-4-3-5-15(20)17(11)19(24)22-18(13-8-14(23)9-13)12-6-7-16(25-2)21-10-12/h3-7,10,13-14,18,23H,8-9H2,1-2H3,(H,22,24)/t13?,14?,18-/m1/s1. The molecule has 1 aliphatic carbocycles. The van der Waals surface area contributed by atoms with Crippen molar-refractivity contribution in [3.63, 3.8) is 0 Å². The normalized spacial score (nSPS) is 20.5. The van der Waals surface area contributed by atoms with Gasteiger partial charge in [0.1, 0.15) is 0 Å². The highest BCUT2D eigenvalue weighted by atomic mass is 35.5. The van der Waals surface area contributed by atoms with Gasteiger partial charge in [-0.15, -0.1) is 0 Å². The molecule has 132 valence electrons. The Morgan fingerprint density at radius 3 is 2.68 bits per heavy atom. The average Bonchev–Trinajstić information content (AvgIpc) is 2.57. The van der Waals surface area contributed by atoms with Crippen molar-refractivity contribution in [2.45, 2.75) is 31.9 Å². The Morgan fingerprint density at radius 2 is 2.12 bits per heavy atom. The van der Waals surface area contributed by atoms with Gasteiger partial charge in [0.15, 0.2) is 0 Å². The van der Waals surface area contributed by atoms with Crippen LogP contribution >= 0.6 is 11.6 Å². The second-order valence-corrected chi connectivity index (χ2v) is 6.81. The lowest BCUT2D eigenvalue weighted by molar-refractivity contribution is 0.0234. The predicted molar refractivity (Wildman–Crippen MR) is 95.9 cm³/mol. The second-order valence-electron chi connectivity index (χ2n) is 6.40. The maximum absolute atomic E-state index is 12.8. The first-order valence-electron chi connectivity index (χ1n) is 8.23. The fourth-order valence-electron chi connectivity index (χ4n) is 3.20. The minimum absolute atomic E-state index is 0.164. The Kier molecular flexibility index (Phi) is 5.25. The number of ether oxygens (including phenoxy) is 1. The summed E-state index contributed by atoms with van der Waals surface area (Å²) >= 11 is 6.21. The topological polar surface area (TPSA) is 71.5 Å². The number of pyridine rings is 1. The van der Waals surface area contributed by atoms with Crippen LogP contribution in [0.15, 0.2) is 36.5 Å². The molecular formula is C19H21ClN2O3. The number of amides is 1. The van der Waals surface area contributed by atoms with Gasteiger partial charge in [-0.05, 0) is 42.9 Å². The Labute approximate surface area is 152 Å². The minimum Gasteiger partial charge on any atom is -0.481 e. The number of carbonyl (C=O) groups excluding carboxylic acids is 1. The van der Waals surface area contributed by atoms with E-state index in [4.69, 9.17) is 16.3 Å². The molecule has 2 N–H and O–H groups in total. The molecule has 25 heavy (non-hydrogen) atoms. The zero-order valence-electron chi connectivity index (χ0n) is 14.2. The molecule has 1 amide bonds. The van der Waals surface area contributed by atoms with E-state index < -0.39 is 0 Å². The molecule has 1 atom stereocenters. The molecule has 1 aliphatic rings. The van der Waals surface area contributed by atoms with Gasteiger partial charge in [0.2, 0.25) is 5.88 Å². The van der Waals surface area contributed by atoms with E-state index >= 15 is 0 Å². The van der Waals surface area contributed by atoms with Gasteiger partial charge in [0.25, 0.3) is 5.91 Å². The highest BCUT2D eigenvalue weighted by molar-refractivity contribution is 6.34. The highest BCUT2D eigenvalue weighted by Gasteiger charge is 2.36. The third-order valence-electron chi connectivity index (χ3n) is 4.68. The van der Waals surface area contributed by atoms with E-state index in [0.29, 0.717) is 29.3 Å². The van der Waals surface area contributed by atoms with Gasteiger partial charge in [-0.25, -0.2) is 4.98 Å². The third-order valence-corrected chi connectivity index (χ3v) is 5.00. The first-order chi connectivity index (χ1) is 12.0. The molecule has 2 aromatic rings. The average molecular weight is 361 g/mol. The molecule has 0 unspecified atom stereocenters. The third kappa shape index (κ3) is 3.78. The lowest BCUT2D eigenvalue weighted by Crippen LogP contribution is -2.41. The van der Waals surface area contributed by atoms with E-state index in [1.54, 1.807) is 25.4 Å².